The largest absolute Gasteiger partial charge is 0.464 e. The Balaban J connectivity index is 2.96. The van der Waals surface area contributed by atoms with Gasteiger partial charge in [0, 0.05) is 12.1 Å². The number of nitrogens with zero attached hydrogens (tertiary/aromatic N) is 1. The molecule has 1 rings (SSSR count). The molecule has 0 aromatic carbocycles. The third-order valence-corrected chi connectivity index (χ3v) is 5.95. The van der Waals surface area contributed by atoms with Gasteiger partial charge < -0.3 is 10.5 Å². The van der Waals surface area contributed by atoms with E-state index >= 15 is 0 Å². The third kappa shape index (κ3) is 3.75. The Morgan fingerprint density at radius 2 is 2.10 bits per heavy atom. The first kappa shape index (κ1) is 17.0. The molecule has 7 nitrogen and oxygen atoms in total. The van der Waals surface area contributed by atoms with E-state index in [4.69, 9.17) is 5.73 Å². The van der Waals surface area contributed by atoms with Crippen LogP contribution in [0.1, 0.15) is 37.2 Å². The zero-order valence-electron chi connectivity index (χ0n) is 11.7. The maximum Gasteiger partial charge on any atom is 0.358 e. The molecule has 0 unspecified atom stereocenters. The number of aromatic nitrogens is 1. The summed E-state index contributed by atoms with van der Waals surface area (Å²) < 4.78 is 31.2. The van der Waals surface area contributed by atoms with Crippen molar-refractivity contribution in [2.45, 2.75) is 36.4 Å². The number of nitrogens with one attached hydrogen (secondary N) is 1. The van der Waals surface area contributed by atoms with Gasteiger partial charge in [0.15, 0.2) is 9.90 Å². The van der Waals surface area contributed by atoms with Gasteiger partial charge in [0.05, 0.1) is 12.6 Å². The van der Waals surface area contributed by atoms with Crippen LogP contribution in [0.4, 0.5) is 0 Å². The summed E-state index contributed by atoms with van der Waals surface area (Å²) in [5.74, 6) is -0.781. The Morgan fingerprint density at radius 1 is 1.50 bits per heavy atom. The standard InChI is InChI=1S/C11H19N3O4S2/c1-4-11(12,5-2)6-14-20(16,17)10-8(9(15)18-3)13-7-19-10/h7,14H,4-6,12H2,1-3H3. The second kappa shape index (κ2) is 6.61. The zero-order chi connectivity index (χ0) is 15.4. The van der Waals surface area contributed by atoms with Crippen molar-refractivity contribution in [1.82, 2.24) is 9.71 Å². The van der Waals surface area contributed by atoms with Crippen molar-refractivity contribution in [3.8, 4) is 0 Å². The number of esters is 1. The van der Waals surface area contributed by atoms with Gasteiger partial charge in [-0.1, -0.05) is 13.8 Å². The Bertz CT molecular complexity index is 564. The Kier molecular flexibility index (Phi) is 5.63. The van der Waals surface area contributed by atoms with E-state index in [1.165, 1.54) is 12.6 Å². The number of thiazole rings is 1. The molecule has 1 aromatic heterocycles. The van der Waals surface area contributed by atoms with Crippen LogP contribution in [0.2, 0.25) is 0 Å². The fourth-order valence-corrected chi connectivity index (χ4v) is 3.78. The van der Waals surface area contributed by atoms with E-state index in [1.807, 2.05) is 13.8 Å². The molecule has 20 heavy (non-hydrogen) atoms. The highest BCUT2D eigenvalue weighted by atomic mass is 32.2. The minimum absolute atomic E-state index is 0.0981. The van der Waals surface area contributed by atoms with Gasteiger partial charge in [-0.05, 0) is 12.8 Å². The number of nitrogens with two attached hydrogens (primary N) is 1. The number of ether oxygens (including phenoxy) is 1. The molecule has 0 spiro atoms. The summed E-state index contributed by atoms with van der Waals surface area (Å²) in [7, 11) is -2.66. The van der Waals surface area contributed by atoms with E-state index in [-0.39, 0.29) is 16.4 Å². The Labute approximate surface area is 122 Å². The van der Waals surface area contributed by atoms with Gasteiger partial charge in [-0.15, -0.1) is 11.3 Å². The first-order chi connectivity index (χ1) is 9.29. The third-order valence-electron chi connectivity index (χ3n) is 3.18. The van der Waals surface area contributed by atoms with Crippen LogP contribution in [0.3, 0.4) is 0 Å². The summed E-state index contributed by atoms with van der Waals surface area (Å²) in [6.07, 6.45) is 1.27. The number of rotatable bonds is 7. The van der Waals surface area contributed by atoms with Crippen LogP contribution in [-0.4, -0.2) is 38.6 Å². The lowest BCUT2D eigenvalue weighted by Gasteiger charge is -2.26. The summed E-state index contributed by atoms with van der Waals surface area (Å²) in [5.41, 5.74) is 6.52. The molecule has 0 atom stereocenters. The lowest BCUT2D eigenvalue weighted by molar-refractivity contribution is 0.0590. The second-order valence-electron chi connectivity index (χ2n) is 4.37. The van der Waals surface area contributed by atoms with Crippen LogP contribution in [0.15, 0.2) is 9.72 Å². The second-order valence-corrected chi connectivity index (χ2v) is 7.19. The molecule has 0 fully saturated rings. The molecule has 114 valence electrons. The maximum atomic E-state index is 12.2. The van der Waals surface area contributed by atoms with E-state index < -0.39 is 21.5 Å². The minimum Gasteiger partial charge on any atom is -0.464 e. The zero-order valence-corrected chi connectivity index (χ0v) is 13.3. The highest BCUT2D eigenvalue weighted by Crippen LogP contribution is 2.21. The van der Waals surface area contributed by atoms with Crippen molar-refractivity contribution in [3.63, 3.8) is 0 Å². The molecular weight excluding hydrogens is 302 g/mol. The molecule has 0 radical (unpaired) electrons. The van der Waals surface area contributed by atoms with E-state index in [9.17, 15) is 13.2 Å². The van der Waals surface area contributed by atoms with Crippen molar-refractivity contribution < 1.29 is 17.9 Å². The number of hydrogen-bond donors (Lipinski definition) is 2. The summed E-state index contributed by atoms with van der Waals surface area (Å²) in [6.45, 7) is 3.88. The highest BCUT2D eigenvalue weighted by molar-refractivity contribution is 7.91. The maximum absolute atomic E-state index is 12.2. The van der Waals surface area contributed by atoms with E-state index in [1.54, 1.807) is 0 Å². The van der Waals surface area contributed by atoms with Crippen LogP contribution in [0.25, 0.3) is 0 Å². The summed E-state index contributed by atoms with van der Waals surface area (Å²) in [4.78, 5) is 15.2. The van der Waals surface area contributed by atoms with Crippen molar-refractivity contribution in [2.75, 3.05) is 13.7 Å². The van der Waals surface area contributed by atoms with Gasteiger partial charge in [-0.25, -0.2) is 22.9 Å². The number of sulfonamides is 1. The highest BCUT2D eigenvalue weighted by Gasteiger charge is 2.29. The summed E-state index contributed by atoms with van der Waals surface area (Å²) in [6, 6.07) is 0. The number of carbonyl (C=O) groups excluding carboxylic acids is 1. The minimum atomic E-state index is -3.83. The summed E-state index contributed by atoms with van der Waals surface area (Å²) >= 11 is 0.863. The van der Waals surface area contributed by atoms with Gasteiger partial charge in [0.2, 0.25) is 0 Å². The Morgan fingerprint density at radius 3 is 2.60 bits per heavy atom. The predicted molar refractivity (Wildman–Crippen MR) is 76.1 cm³/mol. The Hall–Kier alpha value is -1.03. The van der Waals surface area contributed by atoms with Gasteiger partial charge in [0.1, 0.15) is 0 Å². The molecule has 3 N–H and O–H groups in total. The molecule has 0 amide bonds. The lowest BCUT2D eigenvalue weighted by Crippen LogP contribution is -2.49. The van der Waals surface area contributed by atoms with Gasteiger partial charge in [-0.3, -0.25) is 0 Å². The van der Waals surface area contributed by atoms with Gasteiger partial charge >= 0.3 is 5.97 Å². The lowest BCUT2D eigenvalue weighted by atomic mass is 9.95. The monoisotopic (exact) mass is 321 g/mol. The molecule has 0 saturated heterocycles. The molecule has 0 bridgehead atoms. The van der Waals surface area contributed by atoms with Crippen LogP contribution in [0.5, 0.6) is 0 Å². The first-order valence-corrected chi connectivity index (χ1v) is 8.46. The molecule has 0 aliphatic heterocycles. The van der Waals surface area contributed by atoms with Crippen LogP contribution in [0, 0.1) is 0 Å². The van der Waals surface area contributed by atoms with Crippen LogP contribution in [-0.2, 0) is 14.8 Å². The predicted octanol–water partition coefficient (Wildman–Crippen LogP) is 0.725. The average Bonchev–Trinajstić information content (AvgIpc) is 2.94. The van der Waals surface area contributed by atoms with Gasteiger partial charge in [-0.2, -0.15) is 0 Å². The van der Waals surface area contributed by atoms with E-state index in [2.05, 4.69) is 14.4 Å². The number of carbonyl (C=O) groups is 1. The number of methoxy groups -OCH3 is 1. The summed E-state index contributed by atoms with van der Waals surface area (Å²) in [5, 5.41) is 0. The van der Waals surface area contributed by atoms with Crippen molar-refractivity contribution in [2.24, 2.45) is 5.73 Å². The van der Waals surface area contributed by atoms with Crippen molar-refractivity contribution >= 4 is 27.3 Å². The smallest absolute Gasteiger partial charge is 0.358 e. The number of hydrogen-bond acceptors (Lipinski definition) is 7. The molecule has 0 aliphatic rings. The van der Waals surface area contributed by atoms with Crippen molar-refractivity contribution in [1.29, 1.82) is 0 Å². The molecule has 0 aliphatic carbocycles. The SMILES string of the molecule is CCC(N)(CC)CNS(=O)(=O)c1scnc1C(=O)OC. The van der Waals surface area contributed by atoms with E-state index in [0.29, 0.717) is 12.8 Å². The molecule has 0 saturated carbocycles. The normalized spacial score (nSPS) is 12.4. The average molecular weight is 321 g/mol. The van der Waals surface area contributed by atoms with Crippen LogP contribution >= 0.6 is 11.3 Å². The molecule has 9 heteroatoms. The molecule has 1 heterocycles. The fraction of sp³-hybridized carbons (Fsp3) is 0.636. The first-order valence-electron chi connectivity index (χ1n) is 6.10. The van der Waals surface area contributed by atoms with E-state index in [0.717, 1.165) is 11.3 Å². The molecule has 1 aromatic rings. The van der Waals surface area contributed by atoms with Crippen LogP contribution < -0.4 is 10.5 Å². The quantitative estimate of drug-likeness (QED) is 0.716. The fourth-order valence-electron chi connectivity index (χ4n) is 1.46. The topological polar surface area (TPSA) is 111 Å². The molecular formula is C11H19N3O4S2. The van der Waals surface area contributed by atoms with Crippen molar-refractivity contribution in [3.05, 3.63) is 11.2 Å². The van der Waals surface area contributed by atoms with Gasteiger partial charge in [0.25, 0.3) is 10.0 Å².